The summed E-state index contributed by atoms with van der Waals surface area (Å²) in [7, 11) is 2.00. The van der Waals surface area contributed by atoms with Crippen LogP contribution in [0.4, 0.5) is 11.4 Å². The Morgan fingerprint density at radius 2 is 2.04 bits per heavy atom. The van der Waals surface area contributed by atoms with Crippen LogP contribution in [0.1, 0.15) is 45.5 Å². The van der Waals surface area contributed by atoms with Gasteiger partial charge in [0.2, 0.25) is 0 Å². The first kappa shape index (κ1) is 17.9. The van der Waals surface area contributed by atoms with Gasteiger partial charge < -0.3 is 15.1 Å². The van der Waals surface area contributed by atoms with Crippen molar-refractivity contribution in [1.29, 1.82) is 0 Å². The monoisotopic (exact) mass is 383 g/mol. The molecular weight excluding hydrogens is 362 g/mol. The number of benzene rings is 2. The molecule has 2 aromatic rings. The molecule has 1 N–H and O–H groups in total. The molecule has 2 aliphatic rings. The van der Waals surface area contributed by atoms with Crippen molar-refractivity contribution >= 4 is 34.8 Å². The summed E-state index contributed by atoms with van der Waals surface area (Å²) in [5, 5.41) is 3.53. The van der Waals surface area contributed by atoms with E-state index in [9.17, 15) is 9.59 Å². The zero-order valence-electron chi connectivity index (χ0n) is 15.5. The van der Waals surface area contributed by atoms with Crippen LogP contribution in [0.5, 0.6) is 0 Å². The van der Waals surface area contributed by atoms with Gasteiger partial charge in [-0.2, -0.15) is 0 Å². The Kier molecular flexibility index (Phi) is 4.56. The second-order valence-electron chi connectivity index (χ2n) is 7.18. The molecule has 0 spiro atoms. The number of piperidine rings is 1. The lowest BCUT2D eigenvalue weighted by Crippen LogP contribution is -2.55. The molecule has 140 valence electrons. The SMILES string of the molecule is Cc1c(Cl)cccc1NC(=O)c1ccc2c(c1)N(C)C1CCCCN1C2=O. The average Bonchev–Trinajstić information content (AvgIpc) is 2.69. The number of rotatable bonds is 2. The van der Waals surface area contributed by atoms with E-state index in [1.807, 2.05) is 37.1 Å². The topological polar surface area (TPSA) is 52.7 Å². The maximum Gasteiger partial charge on any atom is 0.257 e. The molecule has 1 fully saturated rings. The number of carbonyl (C=O) groups excluding carboxylic acids is 2. The van der Waals surface area contributed by atoms with Crippen molar-refractivity contribution in [3.05, 3.63) is 58.1 Å². The Morgan fingerprint density at radius 3 is 2.85 bits per heavy atom. The maximum atomic E-state index is 12.8. The van der Waals surface area contributed by atoms with Gasteiger partial charge in [-0.15, -0.1) is 0 Å². The van der Waals surface area contributed by atoms with Crippen LogP contribution in [-0.4, -0.2) is 36.5 Å². The summed E-state index contributed by atoms with van der Waals surface area (Å²) in [6, 6.07) is 10.7. The van der Waals surface area contributed by atoms with Gasteiger partial charge in [0.25, 0.3) is 11.8 Å². The number of anilines is 2. The fraction of sp³-hybridized carbons (Fsp3) is 0.333. The molecule has 1 atom stereocenters. The molecule has 1 saturated heterocycles. The van der Waals surface area contributed by atoms with Gasteiger partial charge >= 0.3 is 0 Å². The number of hydrogen-bond donors (Lipinski definition) is 1. The number of amides is 2. The van der Waals surface area contributed by atoms with Crippen molar-refractivity contribution in [2.24, 2.45) is 0 Å². The summed E-state index contributed by atoms with van der Waals surface area (Å²) in [5.74, 6) is -0.152. The first-order valence-electron chi connectivity index (χ1n) is 9.21. The summed E-state index contributed by atoms with van der Waals surface area (Å²) >= 11 is 6.14. The fourth-order valence-corrected chi connectivity index (χ4v) is 4.13. The summed E-state index contributed by atoms with van der Waals surface area (Å²) in [5.41, 5.74) is 3.52. The minimum Gasteiger partial charge on any atom is -0.354 e. The molecule has 2 aromatic carbocycles. The molecular formula is C21H22ClN3O2. The molecule has 0 radical (unpaired) electrons. The van der Waals surface area contributed by atoms with E-state index in [1.54, 1.807) is 18.2 Å². The van der Waals surface area contributed by atoms with E-state index in [1.165, 1.54) is 0 Å². The van der Waals surface area contributed by atoms with E-state index in [0.717, 1.165) is 37.1 Å². The van der Waals surface area contributed by atoms with Crippen LogP contribution < -0.4 is 10.2 Å². The van der Waals surface area contributed by atoms with Gasteiger partial charge in [0.05, 0.1) is 11.3 Å². The van der Waals surface area contributed by atoms with Crippen LogP contribution in [0, 0.1) is 6.92 Å². The third kappa shape index (κ3) is 3.06. The number of nitrogens with zero attached hydrogens (tertiary/aromatic N) is 2. The van der Waals surface area contributed by atoms with Crippen molar-refractivity contribution in [2.75, 3.05) is 23.8 Å². The first-order valence-corrected chi connectivity index (χ1v) is 9.59. The standard InChI is InChI=1S/C21H22ClN3O2/c1-13-16(22)6-5-7-17(13)23-20(26)14-9-10-15-18(12-14)24(2)19-8-3-4-11-25(19)21(15)27/h5-7,9-10,12,19H,3-4,8,11H2,1-2H3,(H,23,26). The van der Waals surface area contributed by atoms with Crippen LogP contribution >= 0.6 is 11.6 Å². The molecule has 2 aliphatic heterocycles. The second kappa shape index (κ2) is 6.89. The number of halogens is 1. The lowest BCUT2D eigenvalue weighted by molar-refractivity contribution is 0.0589. The van der Waals surface area contributed by atoms with E-state index >= 15 is 0 Å². The predicted molar refractivity (Wildman–Crippen MR) is 108 cm³/mol. The van der Waals surface area contributed by atoms with Crippen molar-refractivity contribution < 1.29 is 9.59 Å². The molecule has 2 amide bonds. The van der Waals surface area contributed by atoms with Crippen molar-refractivity contribution in [1.82, 2.24) is 4.90 Å². The number of fused-ring (bicyclic) bond motifs is 2. The summed E-state index contributed by atoms with van der Waals surface area (Å²) in [4.78, 5) is 29.7. The minimum atomic E-state index is -0.213. The third-order valence-electron chi connectivity index (χ3n) is 5.57. The smallest absolute Gasteiger partial charge is 0.257 e. The highest BCUT2D eigenvalue weighted by atomic mass is 35.5. The van der Waals surface area contributed by atoms with Crippen molar-refractivity contribution in [3.8, 4) is 0 Å². The molecule has 0 bridgehead atoms. The maximum absolute atomic E-state index is 12.8. The highest BCUT2D eigenvalue weighted by Gasteiger charge is 2.37. The number of carbonyl (C=O) groups is 2. The molecule has 0 aliphatic carbocycles. The largest absolute Gasteiger partial charge is 0.354 e. The molecule has 0 aromatic heterocycles. The van der Waals surface area contributed by atoms with E-state index in [0.29, 0.717) is 21.8 Å². The van der Waals surface area contributed by atoms with E-state index in [2.05, 4.69) is 10.2 Å². The minimum absolute atomic E-state index is 0.0606. The van der Waals surface area contributed by atoms with Crippen molar-refractivity contribution in [3.63, 3.8) is 0 Å². The molecule has 2 heterocycles. The van der Waals surface area contributed by atoms with Crippen LogP contribution in [0.15, 0.2) is 36.4 Å². The fourth-order valence-electron chi connectivity index (χ4n) is 3.95. The third-order valence-corrected chi connectivity index (χ3v) is 5.97. The Morgan fingerprint density at radius 1 is 1.22 bits per heavy atom. The van der Waals surface area contributed by atoms with Crippen LogP contribution in [0.2, 0.25) is 5.02 Å². The highest BCUT2D eigenvalue weighted by molar-refractivity contribution is 6.31. The first-order chi connectivity index (χ1) is 13.0. The van der Waals surface area contributed by atoms with Gasteiger partial charge in [-0.25, -0.2) is 0 Å². The summed E-state index contributed by atoms with van der Waals surface area (Å²) in [6.07, 6.45) is 3.19. The van der Waals surface area contributed by atoms with Gasteiger partial charge in [-0.05, 0) is 62.1 Å². The average molecular weight is 384 g/mol. The van der Waals surface area contributed by atoms with Crippen LogP contribution in [0.25, 0.3) is 0 Å². The lowest BCUT2D eigenvalue weighted by atomic mass is 9.97. The molecule has 5 nitrogen and oxygen atoms in total. The van der Waals surface area contributed by atoms with Gasteiger partial charge in [0, 0.05) is 29.9 Å². The van der Waals surface area contributed by atoms with Gasteiger partial charge in [0.1, 0.15) is 6.17 Å². The molecule has 4 rings (SSSR count). The molecule has 1 unspecified atom stereocenters. The van der Waals surface area contributed by atoms with Crippen LogP contribution in [-0.2, 0) is 0 Å². The predicted octanol–water partition coefficient (Wildman–Crippen LogP) is 4.30. The van der Waals surface area contributed by atoms with E-state index in [4.69, 9.17) is 11.6 Å². The Bertz CT molecular complexity index is 928. The summed E-state index contributed by atoms with van der Waals surface area (Å²) < 4.78 is 0. The van der Waals surface area contributed by atoms with Gasteiger partial charge in [-0.1, -0.05) is 17.7 Å². The quantitative estimate of drug-likeness (QED) is 0.841. The van der Waals surface area contributed by atoms with Crippen LogP contribution in [0.3, 0.4) is 0 Å². The highest BCUT2D eigenvalue weighted by Crippen LogP contribution is 2.35. The number of hydrogen-bond acceptors (Lipinski definition) is 3. The summed E-state index contributed by atoms with van der Waals surface area (Å²) in [6.45, 7) is 2.67. The Balaban J connectivity index is 1.64. The molecule has 0 saturated carbocycles. The van der Waals surface area contributed by atoms with Gasteiger partial charge in [-0.3, -0.25) is 9.59 Å². The second-order valence-corrected chi connectivity index (χ2v) is 7.59. The number of nitrogens with one attached hydrogen (secondary N) is 1. The zero-order chi connectivity index (χ0) is 19.1. The Labute approximate surface area is 163 Å². The Hall–Kier alpha value is -2.53. The zero-order valence-corrected chi connectivity index (χ0v) is 16.2. The molecule has 6 heteroatoms. The normalized spacial score (nSPS) is 18.8. The molecule has 27 heavy (non-hydrogen) atoms. The van der Waals surface area contributed by atoms with E-state index < -0.39 is 0 Å². The lowest BCUT2D eigenvalue weighted by Gasteiger charge is -2.46. The van der Waals surface area contributed by atoms with Crippen molar-refractivity contribution in [2.45, 2.75) is 32.4 Å². The van der Waals surface area contributed by atoms with Gasteiger partial charge in [0.15, 0.2) is 0 Å². The van der Waals surface area contributed by atoms with E-state index in [-0.39, 0.29) is 18.0 Å².